The van der Waals surface area contributed by atoms with Crippen LogP contribution in [0.5, 0.6) is 0 Å². The van der Waals surface area contributed by atoms with Crippen LogP contribution < -0.4 is 5.32 Å². The second-order valence-corrected chi connectivity index (χ2v) is 7.15. The summed E-state index contributed by atoms with van der Waals surface area (Å²) in [5.74, 6) is -1.05. The normalized spacial score (nSPS) is 13.4. The SMILES string of the molecule is O=C(Nc1ccc(F)c(Cl)c1)N1CCn2ncc(-c3ccc(F)c(Cl)c3)c2C1. The van der Waals surface area contributed by atoms with Crippen molar-refractivity contribution in [3.8, 4) is 11.1 Å². The minimum atomic E-state index is -0.552. The molecule has 4 rings (SSSR count). The number of nitrogens with one attached hydrogen (secondary N) is 1. The number of fused-ring (bicyclic) bond motifs is 1. The minimum absolute atomic E-state index is 0.0241. The van der Waals surface area contributed by atoms with E-state index in [1.165, 1.54) is 30.3 Å². The van der Waals surface area contributed by atoms with Gasteiger partial charge in [-0.15, -0.1) is 0 Å². The van der Waals surface area contributed by atoms with Gasteiger partial charge in [-0.25, -0.2) is 13.6 Å². The first-order valence-electron chi connectivity index (χ1n) is 8.43. The third-order valence-corrected chi connectivity index (χ3v) is 5.14. The van der Waals surface area contributed by atoms with Crippen LogP contribution in [0.3, 0.4) is 0 Å². The second kappa shape index (κ2) is 7.41. The van der Waals surface area contributed by atoms with Gasteiger partial charge >= 0.3 is 6.03 Å². The fourth-order valence-corrected chi connectivity index (χ4v) is 3.46. The van der Waals surface area contributed by atoms with Gasteiger partial charge < -0.3 is 10.2 Å². The lowest BCUT2D eigenvalue weighted by atomic mass is 10.1. The molecule has 0 aliphatic carbocycles. The predicted molar refractivity (Wildman–Crippen MR) is 103 cm³/mol. The Hall–Kier alpha value is -2.64. The van der Waals surface area contributed by atoms with E-state index in [-0.39, 0.29) is 16.1 Å². The largest absolute Gasteiger partial charge is 0.322 e. The van der Waals surface area contributed by atoms with Crippen LogP contribution in [0.1, 0.15) is 5.69 Å². The molecule has 0 spiro atoms. The van der Waals surface area contributed by atoms with Gasteiger partial charge in [0.15, 0.2) is 0 Å². The molecule has 28 heavy (non-hydrogen) atoms. The molecule has 2 aromatic carbocycles. The number of hydrogen-bond donors (Lipinski definition) is 1. The number of aromatic nitrogens is 2. The number of anilines is 1. The molecule has 0 radical (unpaired) electrons. The Morgan fingerprint density at radius 3 is 2.46 bits per heavy atom. The van der Waals surface area contributed by atoms with Crippen LogP contribution in [0.15, 0.2) is 42.6 Å². The summed E-state index contributed by atoms with van der Waals surface area (Å²) >= 11 is 11.7. The van der Waals surface area contributed by atoms with Crippen LogP contribution in [-0.2, 0) is 13.1 Å². The molecule has 1 aliphatic rings. The number of rotatable bonds is 2. The number of hydrogen-bond acceptors (Lipinski definition) is 2. The molecule has 9 heteroatoms. The Balaban J connectivity index is 1.55. The summed E-state index contributed by atoms with van der Waals surface area (Å²) in [4.78, 5) is 14.2. The molecule has 0 unspecified atom stereocenters. The van der Waals surface area contributed by atoms with E-state index in [1.807, 2.05) is 4.68 Å². The number of halogens is 4. The van der Waals surface area contributed by atoms with Crippen molar-refractivity contribution in [2.75, 3.05) is 11.9 Å². The zero-order valence-corrected chi connectivity index (χ0v) is 15.9. The maximum absolute atomic E-state index is 13.5. The molecule has 0 saturated carbocycles. The highest BCUT2D eigenvalue weighted by atomic mass is 35.5. The maximum Gasteiger partial charge on any atom is 0.322 e. The van der Waals surface area contributed by atoms with E-state index in [0.29, 0.717) is 25.3 Å². The van der Waals surface area contributed by atoms with Crippen molar-refractivity contribution < 1.29 is 13.6 Å². The van der Waals surface area contributed by atoms with Crippen LogP contribution in [0.25, 0.3) is 11.1 Å². The lowest BCUT2D eigenvalue weighted by Gasteiger charge is -2.28. The number of amides is 2. The van der Waals surface area contributed by atoms with Crippen molar-refractivity contribution in [2.45, 2.75) is 13.1 Å². The smallest absolute Gasteiger partial charge is 0.317 e. The molecule has 1 N–H and O–H groups in total. The van der Waals surface area contributed by atoms with Crippen LogP contribution in [0.4, 0.5) is 19.3 Å². The van der Waals surface area contributed by atoms with Gasteiger partial charge in [0, 0.05) is 17.8 Å². The first-order chi connectivity index (χ1) is 13.4. The van der Waals surface area contributed by atoms with Crippen molar-refractivity contribution in [2.24, 2.45) is 0 Å². The van der Waals surface area contributed by atoms with Crippen LogP contribution >= 0.6 is 23.2 Å². The molecule has 144 valence electrons. The van der Waals surface area contributed by atoms with Gasteiger partial charge in [-0.2, -0.15) is 5.10 Å². The number of carbonyl (C=O) groups excluding carboxylic acids is 1. The monoisotopic (exact) mass is 422 g/mol. The zero-order valence-electron chi connectivity index (χ0n) is 14.4. The first kappa shape index (κ1) is 18.7. The van der Waals surface area contributed by atoms with Crippen molar-refractivity contribution >= 4 is 34.9 Å². The van der Waals surface area contributed by atoms with E-state index in [9.17, 15) is 13.6 Å². The molecule has 0 atom stereocenters. The maximum atomic E-state index is 13.5. The van der Waals surface area contributed by atoms with Gasteiger partial charge in [0.25, 0.3) is 0 Å². The van der Waals surface area contributed by atoms with E-state index >= 15 is 0 Å². The summed E-state index contributed by atoms with van der Waals surface area (Å²) in [6.45, 7) is 1.28. The topological polar surface area (TPSA) is 50.2 Å². The fourth-order valence-electron chi connectivity index (χ4n) is 3.10. The lowest BCUT2D eigenvalue weighted by Crippen LogP contribution is -2.41. The van der Waals surface area contributed by atoms with Gasteiger partial charge in [0.05, 0.1) is 35.0 Å². The van der Waals surface area contributed by atoms with Crippen molar-refractivity contribution in [3.05, 3.63) is 70.0 Å². The van der Waals surface area contributed by atoms with Gasteiger partial charge in [-0.05, 0) is 35.9 Å². The average Bonchev–Trinajstić information content (AvgIpc) is 3.10. The Morgan fingerprint density at radius 2 is 1.75 bits per heavy atom. The summed E-state index contributed by atoms with van der Waals surface area (Å²) in [5.41, 5.74) is 2.73. The molecular formula is C19H14Cl2F2N4O. The highest BCUT2D eigenvalue weighted by Crippen LogP contribution is 2.30. The van der Waals surface area contributed by atoms with Gasteiger partial charge in [0.1, 0.15) is 11.6 Å². The lowest BCUT2D eigenvalue weighted by molar-refractivity contribution is 0.194. The quantitative estimate of drug-likeness (QED) is 0.618. The summed E-state index contributed by atoms with van der Waals surface area (Å²) in [5, 5.41) is 7.02. The van der Waals surface area contributed by atoms with E-state index < -0.39 is 11.6 Å². The Labute approximate surface area is 169 Å². The summed E-state index contributed by atoms with van der Waals surface area (Å²) < 4.78 is 28.6. The average molecular weight is 423 g/mol. The van der Waals surface area contributed by atoms with Crippen molar-refractivity contribution in [1.29, 1.82) is 0 Å². The molecule has 3 aromatic rings. The number of nitrogens with zero attached hydrogens (tertiary/aromatic N) is 3. The summed E-state index contributed by atoms with van der Waals surface area (Å²) in [6.07, 6.45) is 1.68. The van der Waals surface area contributed by atoms with Gasteiger partial charge in [-0.1, -0.05) is 29.3 Å². The molecule has 0 saturated heterocycles. The highest BCUT2D eigenvalue weighted by Gasteiger charge is 2.25. The Kier molecular flexibility index (Phi) is 4.95. The zero-order chi connectivity index (χ0) is 19.8. The Morgan fingerprint density at radius 1 is 1.04 bits per heavy atom. The van der Waals surface area contributed by atoms with E-state index in [1.54, 1.807) is 17.2 Å². The van der Waals surface area contributed by atoms with Crippen molar-refractivity contribution in [1.82, 2.24) is 14.7 Å². The molecule has 0 bridgehead atoms. The van der Waals surface area contributed by atoms with E-state index in [4.69, 9.17) is 23.2 Å². The third kappa shape index (κ3) is 3.55. The van der Waals surface area contributed by atoms with Crippen LogP contribution in [-0.4, -0.2) is 27.3 Å². The summed E-state index contributed by atoms with van der Waals surface area (Å²) in [7, 11) is 0. The van der Waals surface area contributed by atoms with Gasteiger partial charge in [0.2, 0.25) is 0 Å². The number of urea groups is 1. The van der Waals surface area contributed by atoms with Crippen LogP contribution in [0, 0.1) is 11.6 Å². The Bertz CT molecular complexity index is 1070. The second-order valence-electron chi connectivity index (χ2n) is 6.34. The molecular weight excluding hydrogens is 409 g/mol. The molecule has 5 nitrogen and oxygen atoms in total. The molecule has 0 fully saturated rings. The third-order valence-electron chi connectivity index (χ3n) is 4.56. The summed E-state index contributed by atoms with van der Waals surface area (Å²) in [6, 6.07) is 8.12. The first-order valence-corrected chi connectivity index (χ1v) is 9.19. The standard InChI is InChI=1S/C19H14Cl2F2N4O/c20-14-7-11(1-3-16(14)22)13-9-24-27-6-5-26(10-18(13)27)19(28)25-12-2-4-17(23)15(21)8-12/h1-4,7-9H,5-6,10H2,(H,25,28). The fraction of sp³-hybridized carbons (Fsp3) is 0.158. The predicted octanol–water partition coefficient (Wildman–Crippen LogP) is 5.18. The molecule has 1 aliphatic heterocycles. The minimum Gasteiger partial charge on any atom is -0.317 e. The molecule has 2 heterocycles. The molecule has 2 amide bonds. The van der Waals surface area contributed by atoms with Gasteiger partial charge in [-0.3, -0.25) is 4.68 Å². The highest BCUT2D eigenvalue weighted by molar-refractivity contribution is 6.31. The van der Waals surface area contributed by atoms with Crippen LogP contribution in [0.2, 0.25) is 10.0 Å². The van der Waals surface area contributed by atoms with E-state index in [0.717, 1.165) is 16.8 Å². The molecule has 1 aromatic heterocycles. The number of carbonyl (C=O) groups is 1. The van der Waals surface area contributed by atoms with Crippen molar-refractivity contribution in [3.63, 3.8) is 0 Å². The number of benzene rings is 2. The van der Waals surface area contributed by atoms with E-state index in [2.05, 4.69) is 10.4 Å².